The molecule has 2 aromatic rings. The monoisotopic (exact) mass is 595 g/mol. The number of aliphatic hydroxyl groups is 3. The van der Waals surface area contributed by atoms with Gasteiger partial charge in [-0.1, -0.05) is 6.07 Å². The van der Waals surface area contributed by atoms with Gasteiger partial charge in [-0.25, -0.2) is 9.18 Å². The molecular weight excluding hydrogens is 565 g/mol. The number of urea groups is 1. The van der Waals surface area contributed by atoms with Crippen LogP contribution in [0.4, 0.5) is 26.2 Å². The number of nitrogens with two attached hydrogens (primary N) is 1. The molecule has 43 heavy (non-hydrogen) atoms. The van der Waals surface area contributed by atoms with Crippen molar-refractivity contribution in [1.29, 1.82) is 0 Å². The van der Waals surface area contributed by atoms with Gasteiger partial charge >= 0.3 is 6.03 Å². The van der Waals surface area contributed by atoms with Gasteiger partial charge in [0.25, 0.3) is 5.91 Å². The third-order valence-electron chi connectivity index (χ3n) is 8.32. The zero-order valence-electron chi connectivity index (χ0n) is 23.4. The van der Waals surface area contributed by atoms with Crippen LogP contribution in [0.1, 0.15) is 22.3 Å². The summed E-state index contributed by atoms with van der Waals surface area (Å²) in [5.41, 5.74) is 1.72. The van der Waals surface area contributed by atoms with E-state index in [1.54, 1.807) is 21.1 Å². The smallest absolute Gasteiger partial charge is 0.323 e. The second-order valence-corrected chi connectivity index (χ2v) is 11.0. The van der Waals surface area contributed by atoms with Crippen molar-refractivity contribution in [2.24, 2.45) is 17.6 Å². The molecule has 0 bridgehead atoms. The zero-order valence-corrected chi connectivity index (χ0v) is 23.4. The zero-order chi connectivity index (χ0) is 31.5. The molecule has 2 aromatic carbocycles. The minimum Gasteiger partial charge on any atom is -0.510 e. The number of likely N-dealkylation sites (N-methyl/N-ethyl adjacent to an activating group) is 1. The van der Waals surface area contributed by atoms with E-state index in [-0.39, 0.29) is 35.4 Å². The van der Waals surface area contributed by atoms with Gasteiger partial charge < -0.3 is 42.1 Å². The molecule has 3 aliphatic rings. The topological polar surface area (TPSA) is 215 Å². The van der Waals surface area contributed by atoms with E-state index in [0.717, 1.165) is 6.07 Å². The predicted molar refractivity (Wildman–Crippen MR) is 152 cm³/mol. The van der Waals surface area contributed by atoms with E-state index in [1.165, 1.54) is 29.2 Å². The Morgan fingerprint density at radius 1 is 1.09 bits per heavy atom. The van der Waals surface area contributed by atoms with Crippen LogP contribution in [-0.2, 0) is 16.0 Å². The average molecular weight is 596 g/mol. The van der Waals surface area contributed by atoms with Crippen LogP contribution in [0.3, 0.4) is 0 Å². The molecule has 3 aliphatic carbocycles. The number of amides is 3. The maximum absolute atomic E-state index is 14.0. The molecule has 0 fully saturated rings. The maximum atomic E-state index is 14.0. The number of rotatable bonds is 5. The van der Waals surface area contributed by atoms with Crippen LogP contribution in [0.25, 0.3) is 0 Å². The second kappa shape index (κ2) is 10.4. The van der Waals surface area contributed by atoms with Gasteiger partial charge in [-0.05, 0) is 62.7 Å². The summed E-state index contributed by atoms with van der Waals surface area (Å²) in [5.74, 6) is -8.36. The molecule has 226 valence electrons. The summed E-state index contributed by atoms with van der Waals surface area (Å²) in [6.07, 6.45) is -0.000237. The number of Topliss-reactive ketones (excluding diaryl/α,β-unsaturated/α-hetero) is 2. The Balaban J connectivity index is 1.60. The molecule has 0 unspecified atom stereocenters. The fraction of sp³-hybridized carbons (Fsp3) is 0.310. The number of aromatic hydroxyl groups is 1. The van der Waals surface area contributed by atoms with E-state index < -0.39 is 75.6 Å². The van der Waals surface area contributed by atoms with Gasteiger partial charge in [0.05, 0.1) is 17.3 Å². The van der Waals surface area contributed by atoms with E-state index >= 15 is 0 Å². The Morgan fingerprint density at radius 2 is 1.79 bits per heavy atom. The highest BCUT2D eigenvalue weighted by Gasteiger charge is 2.63. The van der Waals surface area contributed by atoms with Gasteiger partial charge in [0, 0.05) is 29.9 Å². The van der Waals surface area contributed by atoms with Gasteiger partial charge in [-0.3, -0.25) is 19.3 Å². The number of anilines is 3. The Morgan fingerprint density at radius 3 is 2.40 bits per heavy atom. The number of allylic oxidation sites excluding steroid dienone is 1. The number of phenols is 1. The highest BCUT2D eigenvalue weighted by molar-refractivity contribution is 6.25. The van der Waals surface area contributed by atoms with Crippen molar-refractivity contribution in [1.82, 2.24) is 4.90 Å². The van der Waals surface area contributed by atoms with Crippen molar-refractivity contribution in [3.63, 3.8) is 0 Å². The lowest BCUT2D eigenvalue weighted by atomic mass is 9.58. The number of aliphatic hydroxyl groups excluding tert-OH is 2. The molecule has 3 amide bonds. The maximum Gasteiger partial charge on any atom is 0.323 e. The molecule has 0 saturated heterocycles. The Labute approximate surface area is 244 Å². The van der Waals surface area contributed by atoms with Gasteiger partial charge in [-0.15, -0.1) is 0 Å². The lowest BCUT2D eigenvalue weighted by molar-refractivity contribution is -0.148. The van der Waals surface area contributed by atoms with Crippen LogP contribution >= 0.6 is 0 Å². The van der Waals surface area contributed by atoms with Gasteiger partial charge in [-0.2, -0.15) is 0 Å². The standard InChI is InChI=1S/C29H30FN5O8/c1-32-16-10-17(34-28(42)33-13-6-4-5-12(30)9-13)22(36)19-14(16)7-11-8-15-21(35(2)3)24(38)20(27(31)41)26(40)29(15,43)25(39)18(11)23(19)37/h4-6,9-11,15,21,32,36,38-39,43H,7-8H2,1-3H3,(H2,31,41)(H2,33,34,42)/t11-,15-,21+,29-/m0/s1. The highest BCUT2D eigenvalue weighted by Crippen LogP contribution is 2.53. The van der Waals surface area contributed by atoms with E-state index in [2.05, 4.69) is 16.0 Å². The van der Waals surface area contributed by atoms with Gasteiger partial charge in [0.2, 0.25) is 5.78 Å². The van der Waals surface area contributed by atoms with E-state index in [0.29, 0.717) is 11.3 Å². The molecule has 4 atom stereocenters. The lowest BCUT2D eigenvalue weighted by Gasteiger charge is -2.50. The Kier molecular flexibility index (Phi) is 7.14. The summed E-state index contributed by atoms with van der Waals surface area (Å²) >= 11 is 0. The minimum absolute atomic E-state index is 0.0635. The molecule has 0 aromatic heterocycles. The van der Waals surface area contributed by atoms with Crippen LogP contribution in [0, 0.1) is 17.7 Å². The fourth-order valence-electron chi connectivity index (χ4n) is 6.49. The summed E-state index contributed by atoms with van der Waals surface area (Å²) in [6.45, 7) is 0. The molecular formula is C29H30FN5O8. The molecule has 0 heterocycles. The van der Waals surface area contributed by atoms with Crippen LogP contribution in [0.2, 0.25) is 0 Å². The van der Waals surface area contributed by atoms with Crippen molar-refractivity contribution >= 4 is 40.6 Å². The lowest BCUT2D eigenvalue weighted by Crippen LogP contribution is -2.63. The summed E-state index contributed by atoms with van der Waals surface area (Å²) in [7, 11) is 4.65. The minimum atomic E-state index is -2.77. The highest BCUT2D eigenvalue weighted by atomic mass is 19.1. The van der Waals surface area contributed by atoms with Crippen LogP contribution in [0.5, 0.6) is 5.75 Å². The first-order valence-corrected chi connectivity index (χ1v) is 13.3. The number of phenolic OH excluding ortho intramolecular Hbond substituents is 1. The SMILES string of the molecule is CNc1cc(NC(=O)Nc2cccc(F)c2)c(O)c2c1C[C@H]1C[C@H]3[C@@H](N(C)C)C(O)=C(C(N)=O)C(=O)[C@@]3(O)C(O)=C1C2=O. The van der Waals surface area contributed by atoms with Gasteiger partial charge in [0.1, 0.15) is 22.9 Å². The number of carbonyl (C=O) groups excluding carboxylic acids is 4. The molecule has 0 spiro atoms. The molecule has 0 aliphatic heterocycles. The number of benzene rings is 2. The van der Waals surface area contributed by atoms with E-state index in [9.17, 15) is 44.0 Å². The third-order valence-corrected chi connectivity index (χ3v) is 8.32. The first-order chi connectivity index (χ1) is 20.2. The third kappa shape index (κ3) is 4.46. The molecule has 5 rings (SSSR count). The van der Waals surface area contributed by atoms with Crippen molar-refractivity contribution in [2.75, 3.05) is 37.1 Å². The number of fused-ring (bicyclic) bond motifs is 3. The number of nitrogens with one attached hydrogen (secondary N) is 3. The summed E-state index contributed by atoms with van der Waals surface area (Å²) in [4.78, 5) is 53.7. The second-order valence-electron chi connectivity index (χ2n) is 11.0. The van der Waals surface area contributed by atoms with E-state index in [4.69, 9.17) is 5.73 Å². The van der Waals surface area contributed by atoms with Crippen molar-refractivity contribution in [2.45, 2.75) is 24.5 Å². The quantitative estimate of drug-likeness (QED) is 0.143. The number of ketones is 2. The molecule has 14 heteroatoms. The predicted octanol–water partition coefficient (Wildman–Crippen LogP) is 1.95. The number of nitrogens with zero attached hydrogens (tertiary/aromatic N) is 1. The van der Waals surface area contributed by atoms with Crippen LogP contribution < -0.4 is 21.7 Å². The Hall–Kier alpha value is -4.95. The Bertz CT molecular complexity index is 1670. The molecule has 13 nitrogen and oxygen atoms in total. The summed E-state index contributed by atoms with van der Waals surface area (Å²) in [6, 6.07) is 4.55. The summed E-state index contributed by atoms with van der Waals surface area (Å²) in [5, 5.41) is 53.0. The van der Waals surface area contributed by atoms with Crippen LogP contribution in [-0.4, -0.2) is 81.6 Å². The van der Waals surface area contributed by atoms with Crippen LogP contribution in [0.15, 0.2) is 53.0 Å². The number of hydrogen-bond donors (Lipinski definition) is 8. The van der Waals surface area contributed by atoms with Crippen molar-refractivity contribution in [3.05, 3.63) is 69.9 Å². The number of halogens is 1. The summed E-state index contributed by atoms with van der Waals surface area (Å²) < 4.78 is 13.5. The first-order valence-electron chi connectivity index (χ1n) is 13.3. The van der Waals surface area contributed by atoms with Gasteiger partial charge in [0.15, 0.2) is 17.1 Å². The van der Waals surface area contributed by atoms with E-state index in [1.807, 2.05) is 0 Å². The number of hydrogen-bond acceptors (Lipinski definition) is 10. The normalized spacial score (nSPS) is 24.7. The number of carbonyl (C=O) groups is 4. The fourth-order valence-corrected chi connectivity index (χ4v) is 6.49. The molecule has 0 radical (unpaired) electrons. The first kappa shape index (κ1) is 29.5. The van der Waals surface area contributed by atoms with Crippen molar-refractivity contribution in [3.8, 4) is 5.75 Å². The largest absolute Gasteiger partial charge is 0.510 e. The number of primary amides is 1. The van der Waals surface area contributed by atoms with Crippen molar-refractivity contribution < 1.29 is 44.0 Å². The average Bonchev–Trinajstić information content (AvgIpc) is 2.91. The molecule has 0 saturated carbocycles. The molecule has 9 N–H and O–H groups in total.